The highest BCUT2D eigenvalue weighted by Gasteiger charge is 2.22. The number of hydrogen-bond donors (Lipinski definition) is 3. The van der Waals surface area contributed by atoms with Gasteiger partial charge in [-0.1, -0.05) is 18.2 Å². The zero-order valence-electron chi connectivity index (χ0n) is 26.4. The van der Waals surface area contributed by atoms with Crippen molar-refractivity contribution in [1.29, 1.82) is 0 Å². The average molecular weight is 644 g/mol. The van der Waals surface area contributed by atoms with Crippen molar-refractivity contribution in [2.75, 3.05) is 71.7 Å². The van der Waals surface area contributed by atoms with Gasteiger partial charge in [0.25, 0.3) is 0 Å². The number of aromatic amines is 1. The van der Waals surface area contributed by atoms with Gasteiger partial charge in [-0.05, 0) is 35.2 Å². The van der Waals surface area contributed by atoms with Gasteiger partial charge in [0.05, 0.1) is 71.2 Å². The number of anilines is 1. The predicted octanol–water partition coefficient (Wildman–Crippen LogP) is 2.30. The van der Waals surface area contributed by atoms with E-state index < -0.39 is 0 Å². The van der Waals surface area contributed by atoms with Gasteiger partial charge < -0.3 is 40.3 Å². The van der Waals surface area contributed by atoms with Crippen molar-refractivity contribution < 1.29 is 23.7 Å². The number of H-pyrrole nitrogens is 1. The number of carbonyl (C=O) groups excluding carboxylic acids is 1. The highest BCUT2D eigenvalue weighted by atomic mass is 16.6. The molecule has 0 unspecified atom stereocenters. The lowest BCUT2D eigenvalue weighted by Crippen LogP contribution is -2.36. The first-order valence-electron chi connectivity index (χ1n) is 15.9. The topological polar surface area (TPSA) is 182 Å². The highest BCUT2D eigenvalue weighted by molar-refractivity contribution is 5.99. The number of carbonyl (C=O) groups is 1. The van der Waals surface area contributed by atoms with Crippen molar-refractivity contribution in [3.8, 4) is 11.3 Å². The van der Waals surface area contributed by atoms with Crippen molar-refractivity contribution in [3.63, 3.8) is 0 Å². The van der Waals surface area contributed by atoms with Crippen LogP contribution in [-0.4, -0.2) is 106 Å². The summed E-state index contributed by atoms with van der Waals surface area (Å²) >= 11 is 0. The number of rotatable bonds is 17. The van der Waals surface area contributed by atoms with E-state index in [1.54, 1.807) is 6.20 Å². The summed E-state index contributed by atoms with van der Waals surface area (Å²) in [5, 5.41) is 6.62. The smallest absolute Gasteiger partial charge is 0.225 e. The Hall–Kier alpha value is -4.47. The summed E-state index contributed by atoms with van der Waals surface area (Å²) in [7, 11) is 0. The predicted molar refractivity (Wildman–Crippen MR) is 176 cm³/mol. The molecule has 248 valence electrons. The van der Waals surface area contributed by atoms with E-state index in [9.17, 15) is 4.79 Å². The van der Waals surface area contributed by atoms with E-state index in [-0.39, 0.29) is 5.91 Å². The van der Waals surface area contributed by atoms with Crippen molar-refractivity contribution in [3.05, 3.63) is 65.7 Å². The number of nitrogens with two attached hydrogens (primary N) is 2. The highest BCUT2D eigenvalue weighted by Crippen LogP contribution is 2.31. The number of hydrogen-bond acceptors (Lipinski definition) is 11. The van der Waals surface area contributed by atoms with E-state index in [1.165, 1.54) is 11.9 Å². The van der Waals surface area contributed by atoms with Crippen LogP contribution in [-0.2, 0) is 43.3 Å². The van der Waals surface area contributed by atoms with Gasteiger partial charge in [-0.2, -0.15) is 5.10 Å². The molecule has 4 aromatic heterocycles. The lowest BCUT2D eigenvalue weighted by atomic mass is 9.97. The van der Waals surface area contributed by atoms with Gasteiger partial charge in [-0.25, -0.2) is 19.6 Å². The number of nitrogens with one attached hydrogen (secondary N) is 1. The molecule has 0 fully saturated rings. The van der Waals surface area contributed by atoms with E-state index in [0.29, 0.717) is 108 Å². The summed E-state index contributed by atoms with van der Waals surface area (Å²) in [6.45, 7) is 6.10. The third-order valence-electron chi connectivity index (χ3n) is 8.04. The Labute approximate surface area is 272 Å². The second kappa shape index (κ2) is 15.9. The van der Waals surface area contributed by atoms with Crippen molar-refractivity contribution in [2.24, 2.45) is 5.73 Å². The lowest BCUT2D eigenvalue weighted by molar-refractivity contribution is -0.133. The molecular weight excluding hydrogens is 602 g/mol. The molecule has 14 nitrogen and oxygen atoms in total. The summed E-state index contributed by atoms with van der Waals surface area (Å²) < 4.78 is 23.6. The summed E-state index contributed by atoms with van der Waals surface area (Å²) in [5.74, 6) is 0.465. The maximum atomic E-state index is 12.9. The van der Waals surface area contributed by atoms with Crippen LogP contribution in [0.3, 0.4) is 0 Å². The zero-order chi connectivity index (χ0) is 32.4. The number of fused-ring (bicyclic) bond motifs is 3. The third-order valence-corrected chi connectivity index (χ3v) is 8.04. The first-order valence-corrected chi connectivity index (χ1v) is 15.9. The maximum absolute atomic E-state index is 12.9. The number of aromatic nitrogens is 6. The van der Waals surface area contributed by atoms with Crippen LogP contribution in [0, 0.1) is 0 Å². The molecule has 47 heavy (non-hydrogen) atoms. The number of amides is 1. The number of benzene rings is 1. The lowest BCUT2D eigenvalue weighted by Gasteiger charge is -2.29. The number of pyridine rings is 1. The van der Waals surface area contributed by atoms with Crippen LogP contribution in [0.5, 0.6) is 0 Å². The fourth-order valence-corrected chi connectivity index (χ4v) is 5.67. The average Bonchev–Trinajstić information content (AvgIpc) is 3.71. The van der Waals surface area contributed by atoms with Gasteiger partial charge in [-0.3, -0.25) is 4.79 Å². The fourth-order valence-electron chi connectivity index (χ4n) is 5.67. The Kier molecular flexibility index (Phi) is 11.0. The molecule has 1 aliphatic rings. The second-order valence-corrected chi connectivity index (χ2v) is 11.3. The number of nitrogen functional groups attached to an aromatic ring is 1. The second-order valence-electron chi connectivity index (χ2n) is 11.3. The molecule has 14 heteroatoms. The van der Waals surface area contributed by atoms with Crippen LogP contribution in [0.15, 0.2) is 49.1 Å². The van der Waals surface area contributed by atoms with Gasteiger partial charge in [0.15, 0.2) is 5.65 Å². The zero-order valence-corrected chi connectivity index (χ0v) is 26.4. The minimum Gasteiger partial charge on any atom is -0.383 e. The first kappa shape index (κ1) is 32.5. The molecule has 0 aliphatic carbocycles. The molecule has 0 saturated carbocycles. The van der Waals surface area contributed by atoms with Crippen LogP contribution >= 0.6 is 0 Å². The van der Waals surface area contributed by atoms with Gasteiger partial charge in [-0.15, -0.1) is 0 Å². The molecule has 0 saturated heterocycles. The Balaban J connectivity index is 0.983. The molecular formula is C33H41N9O5. The molecule has 6 rings (SSSR count). The number of nitrogens with zero attached hydrogens (tertiary/aromatic N) is 6. The van der Waals surface area contributed by atoms with Gasteiger partial charge in [0, 0.05) is 43.0 Å². The molecule has 5 N–H and O–H groups in total. The Morgan fingerprint density at radius 2 is 1.66 bits per heavy atom. The van der Waals surface area contributed by atoms with Crippen LogP contribution in [0.25, 0.3) is 33.3 Å². The third kappa shape index (κ3) is 8.10. The molecule has 1 aromatic carbocycles. The largest absolute Gasteiger partial charge is 0.383 e. The Morgan fingerprint density at radius 1 is 0.894 bits per heavy atom. The van der Waals surface area contributed by atoms with E-state index in [0.717, 1.165) is 34.1 Å². The monoisotopic (exact) mass is 643 g/mol. The summed E-state index contributed by atoms with van der Waals surface area (Å²) in [6.07, 6.45) is 6.23. The van der Waals surface area contributed by atoms with E-state index in [2.05, 4.69) is 38.1 Å². The van der Waals surface area contributed by atoms with Crippen LogP contribution < -0.4 is 11.5 Å². The Bertz CT molecular complexity index is 1790. The van der Waals surface area contributed by atoms with E-state index in [1.807, 2.05) is 27.9 Å². The molecule has 5 aromatic rings. The van der Waals surface area contributed by atoms with Gasteiger partial charge >= 0.3 is 0 Å². The standard InChI is InChI=1S/C33H41N9O5/c34-6-10-45-12-14-47-16-15-46-13-11-44-9-5-28(43)41-8-4-24-17-23(1-2-26(24)21-41)20-42-33-29(31(35)38-22-39-33)30(40-42)27-18-25-3-7-36-32(25)37-19-27/h1-3,7,17-19,22H,4-6,8-16,20-21,34H2,(H,36,37)(H2,35,38,39). The molecule has 0 radical (unpaired) electrons. The summed E-state index contributed by atoms with van der Waals surface area (Å²) in [6, 6.07) is 10.4. The van der Waals surface area contributed by atoms with Gasteiger partial charge in [0.2, 0.25) is 5.91 Å². The quantitative estimate of drug-likeness (QED) is 0.127. The van der Waals surface area contributed by atoms with Crippen molar-refractivity contribution >= 4 is 33.8 Å². The number of ether oxygens (including phenoxy) is 4. The Morgan fingerprint density at radius 3 is 2.45 bits per heavy atom. The molecule has 5 heterocycles. The summed E-state index contributed by atoms with van der Waals surface area (Å²) in [4.78, 5) is 31.2. The minimum absolute atomic E-state index is 0.0889. The van der Waals surface area contributed by atoms with Crippen LogP contribution in [0.2, 0.25) is 0 Å². The maximum Gasteiger partial charge on any atom is 0.225 e. The summed E-state index contributed by atoms with van der Waals surface area (Å²) in [5.41, 5.74) is 18.2. The molecule has 0 spiro atoms. The van der Waals surface area contributed by atoms with Crippen molar-refractivity contribution in [2.45, 2.75) is 25.9 Å². The van der Waals surface area contributed by atoms with Crippen molar-refractivity contribution in [1.82, 2.24) is 34.6 Å². The minimum atomic E-state index is 0.0889. The normalized spacial score (nSPS) is 13.1. The molecule has 1 amide bonds. The van der Waals surface area contributed by atoms with Crippen LogP contribution in [0.1, 0.15) is 23.1 Å². The molecule has 0 bridgehead atoms. The molecule has 1 aliphatic heterocycles. The SMILES string of the molecule is NCCOCCOCCOCCOCCC(=O)N1CCc2cc(Cn3nc(-c4cnc5[nH]ccc5c4)c4c(N)ncnc43)ccc2C1. The molecule has 0 atom stereocenters. The fraction of sp³-hybridized carbons (Fsp3) is 0.424. The first-order chi connectivity index (χ1) is 23.1. The van der Waals surface area contributed by atoms with E-state index >= 15 is 0 Å². The van der Waals surface area contributed by atoms with Crippen LogP contribution in [0.4, 0.5) is 5.82 Å². The van der Waals surface area contributed by atoms with E-state index in [4.69, 9.17) is 35.5 Å². The van der Waals surface area contributed by atoms with Gasteiger partial charge in [0.1, 0.15) is 23.5 Å².